The van der Waals surface area contributed by atoms with Crippen LogP contribution in [0.25, 0.3) is 16.5 Å². The molecule has 35 heavy (non-hydrogen) atoms. The zero-order valence-corrected chi connectivity index (χ0v) is 18.9. The van der Waals surface area contributed by atoms with Crippen LogP contribution >= 0.6 is 0 Å². The Hall–Kier alpha value is -4.67. The highest BCUT2D eigenvalue weighted by Gasteiger charge is 2.56. The van der Waals surface area contributed by atoms with Gasteiger partial charge < -0.3 is 5.11 Å². The lowest BCUT2D eigenvalue weighted by Crippen LogP contribution is -2.42. The minimum atomic E-state index is -1.61. The first-order valence-electron chi connectivity index (χ1n) is 11.5. The van der Waals surface area contributed by atoms with E-state index in [1.165, 1.54) is 0 Å². The minimum Gasteiger partial charge on any atom is -0.507 e. The molecule has 1 fully saturated rings. The number of Topliss-reactive ketones (excluding diaryl/α,β-unsaturated/α-hetero) is 1. The summed E-state index contributed by atoms with van der Waals surface area (Å²) in [7, 11) is 0. The third kappa shape index (κ3) is 3.57. The molecule has 0 amide bonds. The number of aliphatic hydroxyl groups is 1. The second kappa shape index (κ2) is 8.93. The zero-order valence-electron chi connectivity index (χ0n) is 18.9. The highest BCUT2D eigenvalue weighted by Crippen LogP contribution is 2.57. The molecule has 2 atom stereocenters. The molecule has 0 aliphatic heterocycles. The van der Waals surface area contributed by atoms with Crippen molar-refractivity contribution in [3.63, 3.8) is 0 Å². The Morgan fingerprint density at radius 3 is 2.09 bits per heavy atom. The number of rotatable bonds is 3. The number of fused-ring (bicyclic) bond motifs is 1. The molecule has 4 nitrogen and oxygen atoms in total. The first-order valence-corrected chi connectivity index (χ1v) is 11.5. The molecule has 4 aromatic carbocycles. The molecule has 1 saturated carbocycles. The fourth-order valence-corrected chi connectivity index (χ4v) is 5.35. The summed E-state index contributed by atoms with van der Waals surface area (Å²) in [5.74, 6) is -2.05. The van der Waals surface area contributed by atoms with Gasteiger partial charge in [0.15, 0.2) is 11.2 Å². The second-order valence-corrected chi connectivity index (χ2v) is 8.81. The van der Waals surface area contributed by atoms with Crippen molar-refractivity contribution >= 4 is 22.3 Å². The maximum atomic E-state index is 13.8. The fourth-order valence-electron chi connectivity index (χ4n) is 5.35. The smallest absolute Gasteiger partial charge is 0.164 e. The van der Waals surface area contributed by atoms with Gasteiger partial charge in [-0.05, 0) is 21.9 Å². The van der Waals surface area contributed by atoms with E-state index in [1.54, 1.807) is 24.3 Å². The third-order valence-electron chi connectivity index (χ3n) is 6.99. The van der Waals surface area contributed by atoms with Gasteiger partial charge in [-0.15, -0.1) is 0 Å². The molecule has 1 aliphatic carbocycles. The van der Waals surface area contributed by atoms with Crippen LogP contribution in [0.3, 0.4) is 0 Å². The summed E-state index contributed by atoms with van der Waals surface area (Å²) >= 11 is 0. The van der Waals surface area contributed by atoms with Crippen molar-refractivity contribution in [2.45, 2.75) is 18.3 Å². The van der Waals surface area contributed by atoms with Crippen LogP contribution in [0.5, 0.6) is 0 Å². The van der Waals surface area contributed by atoms with E-state index in [1.807, 2.05) is 78.9 Å². The van der Waals surface area contributed by atoms with Gasteiger partial charge in [-0.25, -0.2) is 0 Å². The minimum absolute atomic E-state index is 0.0430. The van der Waals surface area contributed by atoms with Crippen molar-refractivity contribution in [3.05, 3.63) is 125 Å². The average Bonchev–Trinajstić information content (AvgIpc) is 2.93. The molecule has 168 valence electrons. The van der Waals surface area contributed by atoms with Gasteiger partial charge in [0.2, 0.25) is 0 Å². The van der Waals surface area contributed by atoms with Crippen LogP contribution in [0, 0.1) is 28.1 Å². The van der Waals surface area contributed by atoms with Gasteiger partial charge in [-0.1, -0.05) is 103 Å². The Morgan fingerprint density at radius 1 is 0.800 bits per heavy atom. The Bertz CT molecular complexity index is 1510. The van der Waals surface area contributed by atoms with Gasteiger partial charge >= 0.3 is 0 Å². The lowest BCUT2D eigenvalue weighted by atomic mass is 9.55. The lowest BCUT2D eigenvalue weighted by Gasteiger charge is -2.42. The van der Waals surface area contributed by atoms with E-state index in [-0.39, 0.29) is 23.5 Å². The maximum absolute atomic E-state index is 13.8. The van der Waals surface area contributed by atoms with E-state index in [9.17, 15) is 20.4 Å². The molecule has 0 bridgehead atoms. The van der Waals surface area contributed by atoms with Crippen LogP contribution in [-0.4, -0.2) is 10.9 Å². The molecule has 1 aliphatic rings. The fraction of sp³-hybridized carbons (Fsp3) is 0.129. The van der Waals surface area contributed by atoms with E-state index >= 15 is 0 Å². The van der Waals surface area contributed by atoms with Crippen LogP contribution < -0.4 is 0 Å². The quantitative estimate of drug-likeness (QED) is 0.276. The Labute approximate surface area is 204 Å². The average molecular weight is 455 g/mol. The van der Waals surface area contributed by atoms with E-state index in [0.29, 0.717) is 11.1 Å². The molecular weight excluding hydrogens is 432 g/mol. The van der Waals surface area contributed by atoms with Gasteiger partial charge in [0.1, 0.15) is 5.76 Å². The number of carbonyl (C=O) groups is 1. The lowest BCUT2D eigenvalue weighted by molar-refractivity contribution is -0.118. The van der Waals surface area contributed by atoms with Crippen molar-refractivity contribution in [2.24, 2.45) is 5.41 Å². The largest absolute Gasteiger partial charge is 0.507 e. The predicted octanol–water partition coefficient (Wildman–Crippen LogP) is 6.68. The summed E-state index contributed by atoms with van der Waals surface area (Å²) in [4.78, 5) is 13.8. The first kappa shape index (κ1) is 22.1. The van der Waals surface area contributed by atoms with Gasteiger partial charge in [0, 0.05) is 29.4 Å². The Morgan fingerprint density at radius 2 is 1.40 bits per heavy atom. The maximum Gasteiger partial charge on any atom is 0.164 e. The van der Waals surface area contributed by atoms with Crippen molar-refractivity contribution in [2.75, 3.05) is 0 Å². The summed E-state index contributed by atoms with van der Waals surface area (Å²) in [5.41, 5.74) is 0.411. The first-order chi connectivity index (χ1) is 17.1. The molecule has 1 N–H and O–H groups in total. The van der Waals surface area contributed by atoms with Crippen LogP contribution in [0.1, 0.15) is 34.9 Å². The molecule has 0 aromatic heterocycles. The van der Waals surface area contributed by atoms with Crippen molar-refractivity contribution in [1.82, 2.24) is 0 Å². The van der Waals surface area contributed by atoms with Crippen LogP contribution in [0.15, 0.2) is 109 Å². The summed E-state index contributed by atoms with van der Waals surface area (Å²) < 4.78 is 0. The molecule has 0 spiro atoms. The summed E-state index contributed by atoms with van der Waals surface area (Å²) in [6.07, 6.45) is -0.0430. The SMILES string of the molecule is N#CC1(C#N)[C@@H](c2ccccc2)CC(=O)/C(=C(/O)c2ccccc2)[C@@H]1c1cccc2ccccc12. The van der Waals surface area contributed by atoms with E-state index in [2.05, 4.69) is 12.1 Å². The topological polar surface area (TPSA) is 84.9 Å². The summed E-state index contributed by atoms with van der Waals surface area (Å²) in [6.45, 7) is 0. The van der Waals surface area contributed by atoms with Gasteiger partial charge in [0.05, 0.1) is 12.1 Å². The van der Waals surface area contributed by atoms with Gasteiger partial charge in [0.25, 0.3) is 0 Å². The number of ketones is 1. The molecule has 0 heterocycles. The molecule has 0 radical (unpaired) electrons. The number of aliphatic hydroxyl groups excluding tert-OH is 1. The number of benzene rings is 4. The number of hydrogen-bond acceptors (Lipinski definition) is 4. The van der Waals surface area contributed by atoms with Crippen LogP contribution in [0.2, 0.25) is 0 Å². The van der Waals surface area contributed by atoms with Crippen molar-refractivity contribution in [1.29, 1.82) is 10.5 Å². The van der Waals surface area contributed by atoms with Crippen molar-refractivity contribution < 1.29 is 9.90 Å². The molecule has 0 unspecified atom stereocenters. The Balaban J connectivity index is 1.87. The third-order valence-corrected chi connectivity index (χ3v) is 6.99. The highest BCUT2D eigenvalue weighted by atomic mass is 16.3. The zero-order chi connectivity index (χ0) is 24.4. The standard InChI is InChI=1S/C31H22N2O2/c32-19-31(20-33)26(22-11-3-1-4-12-22)18-27(34)28(30(35)23-13-5-2-6-14-23)29(31)25-17-9-15-21-10-7-8-16-24(21)25/h1-17,26,29,35H,18H2/b30-28-/t26-,29+/m1/s1. The van der Waals surface area contributed by atoms with E-state index in [0.717, 1.165) is 16.3 Å². The van der Waals surface area contributed by atoms with Crippen LogP contribution in [-0.2, 0) is 4.79 Å². The summed E-state index contributed by atoms with van der Waals surface area (Å²) in [5, 5.41) is 34.5. The number of carbonyl (C=O) groups excluding carboxylic acids is 1. The Kier molecular flexibility index (Phi) is 5.65. The molecule has 0 saturated heterocycles. The normalized spacial score (nSPS) is 20.6. The monoisotopic (exact) mass is 454 g/mol. The molecular formula is C31H22N2O2. The molecule has 4 aromatic rings. The van der Waals surface area contributed by atoms with E-state index in [4.69, 9.17) is 0 Å². The van der Waals surface area contributed by atoms with Crippen LogP contribution in [0.4, 0.5) is 0 Å². The number of allylic oxidation sites excluding steroid dienone is 1. The highest BCUT2D eigenvalue weighted by molar-refractivity contribution is 6.06. The van der Waals surface area contributed by atoms with Gasteiger partial charge in [-0.3, -0.25) is 4.79 Å². The predicted molar refractivity (Wildman–Crippen MR) is 135 cm³/mol. The van der Waals surface area contributed by atoms with E-state index < -0.39 is 17.3 Å². The number of nitriles is 2. The second-order valence-electron chi connectivity index (χ2n) is 8.81. The molecule has 5 rings (SSSR count). The van der Waals surface area contributed by atoms with Crippen molar-refractivity contribution in [3.8, 4) is 12.1 Å². The number of nitrogens with zero attached hydrogens (tertiary/aromatic N) is 2. The molecule has 4 heteroatoms. The summed E-state index contributed by atoms with van der Waals surface area (Å²) in [6, 6.07) is 36.1. The number of hydrogen-bond donors (Lipinski definition) is 1. The van der Waals surface area contributed by atoms with Gasteiger partial charge in [-0.2, -0.15) is 10.5 Å².